The Hall–Kier alpha value is -1.42. The van der Waals surface area contributed by atoms with Gasteiger partial charge in [-0.1, -0.05) is 18.6 Å². The molecule has 18 heavy (non-hydrogen) atoms. The molecule has 0 saturated heterocycles. The second-order valence-corrected chi connectivity index (χ2v) is 5.66. The van der Waals surface area contributed by atoms with E-state index < -0.39 is 0 Å². The molecule has 0 radical (unpaired) electrons. The Morgan fingerprint density at radius 1 is 1.22 bits per heavy atom. The van der Waals surface area contributed by atoms with E-state index in [9.17, 15) is 4.79 Å². The standard InChI is InChI=1S/C14H16N2OS/c15-13(18)8-4-6-9(7-5-8)16-14(17)12-10-2-1-3-11(10)12/h4-7,10-12H,1-3H2,(H2,15,18)(H,16,17). The predicted octanol–water partition coefficient (Wildman–Crippen LogP) is 2.31. The second kappa shape index (κ2) is 4.35. The molecule has 3 rings (SSSR count). The van der Waals surface area contributed by atoms with Crippen LogP contribution in [-0.2, 0) is 4.79 Å². The van der Waals surface area contributed by atoms with Crippen molar-refractivity contribution >= 4 is 28.8 Å². The molecule has 1 aromatic rings. The topological polar surface area (TPSA) is 55.1 Å². The monoisotopic (exact) mass is 260 g/mol. The number of amides is 1. The van der Waals surface area contributed by atoms with Gasteiger partial charge in [0.05, 0.1) is 0 Å². The Morgan fingerprint density at radius 2 is 1.83 bits per heavy atom. The largest absolute Gasteiger partial charge is 0.389 e. The Morgan fingerprint density at radius 3 is 2.39 bits per heavy atom. The molecule has 2 fully saturated rings. The van der Waals surface area contributed by atoms with Crippen LogP contribution in [0, 0.1) is 17.8 Å². The molecule has 2 atom stereocenters. The van der Waals surface area contributed by atoms with Gasteiger partial charge in [0, 0.05) is 17.2 Å². The molecule has 1 amide bonds. The summed E-state index contributed by atoms with van der Waals surface area (Å²) in [5.41, 5.74) is 7.18. The molecule has 2 aliphatic carbocycles. The van der Waals surface area contributed by atoms with Crippen LogP contribution in [0.4, 0.5) is 5.69 Å². The van der Waals surface area contributed by atoms with Crippen LogP contribution in [-0.4, -0.2) is 10.9 Å². The average Bonchev–Trinajstić information content (AvgIpc) is 2.84. The fourth-order valence-electron chi connectivity index (χ4n) is 3.15. The number of benzene rings is 1. The summed E-state index contributed by atoms with van der Waals surface area (Å²) in [5.74, 6) is 1.74. The summed E-state index contributed by atoms with van der Waals surface area (Å²) in [6, 6.07) is 7.38. The molecule has 2 unspecified atom stereocenters. The molecular weight excluding hydrogens is 244 g/mol. The van der Waals surface area contributed by atoms with Gasteiger partial charge in [-0.05, 0) is 48.9 Å². The van der Waals surface area contributed by atoms with Gasteiger partial charge in [0.25, 0.3) is 0 Å². The number of thiocarbonyl (C=S) groups is 1. The lowest BCUT2D eigenvalue weighted by atomic mass is 10.1. The van der Waals surface area contributed by atoms with E-state index in [1.54, 1.807) is 0 Å². The first-order chi connectivity index (χ1) is 8.66. The molecule has 0 aromatic heterocycles. The Bertz CT molecular complexity index is 487. The van der Waals surface area contributed by atoms with Crippen LogP contribution < -0.4 is 11.1 Å². The third-order valence-electron chi connectivity index (χ3n) is 4.15. The first-order valence-electron chi connectivity index (χ1n) is 6.37. The van der Waals surface area contributed by atoms with Crippen LogP contribution in [0.25, 0.3) is 0 Å². The van der Waals surface area contributed by atoms with Crippen molar-refractivity contribution in [2.45, 2.75) is 19.3 Å². The zero-order valence-corrected chi connectivity index (χ0v) is 10.9. The second-order valence-electron chi connectivity index (χ2n) is 5.22. The third kappa shape index (κ3) is 2.01. The van der Waals surface area contributed by atoms with Gasteiger partial charge in [0.15, 0.2) is 0 Å². The maximum atomic E-state index is 12.0. The molecule has 2 aliphatic rings. The van der Waals surface area contributed by atoms with Crippen LogP contribution >= 0.6 is 12.2 Å². The molecule has 1 aromatic carbocycles. The number of hydrogen-bond acceptors (Lipinski definition) is 2. The molecule has 3 N–H and O–H groups in total. The van der Waals surface area contributed by atoms with Gasteiger partial charge in [0.2, 0.25) is 5.91 Å². The van der Waals surface area contributed by atoms with Gasteiger partial charge in [0.1, 0.15) is 4.99 Å². The van der Waals surface area contributed by atoms with Gasteiger partial charge in [-0.15, -0.1) is 0 Å². The Kier molecular flexibility index (Phi) is 2.82. The molecule has 0 spiro atoms. The van der Waals surface area contributed by atoms with Crippen LogP contribution in [0.3, 0.4) is 0 Å². The minimum Gasteiger partial charge on any atom is -0.389 e. The maximum absolute atomic E-state index is 12.0. The number of nitrogens with two attached hydrogens (primary N) is 1. The van der Waals surface area contributed by atoms with Crippen molar-refractivity contribution in [2.75, 3.05) is 5.32 Å². The lowest BCUT2D eigenvalue weighted by molar-refractivity contribution is -0.118. The van der Waals surface area contributed by atoms with Crippen molar-refractivity contribution in [2.24, 2.45) is 23.5 Å². The number of carbonyl (C=O) groups excluding carboxylic acids is 1. The summed E-state index contributed by atoms with van der Waals surface area (Å²) in [4.78, 5) is 12.4. The van der Waals surface area contributed by atoms with E-state index in [1.165, 1.54) is 19.3 Å². The highest BCUT2D eigenvalue weighted by atomic mass is 32.1. The van der Waals surface area contributed by atoms with Crippen molar-refractivity contribution in [3.63, 3.8) is 0 Å². The van der Waals surface area contributed by atoms with Gasteiger partial charge in [-0.25, -0.2) is 0 Å². The molecule has 0 heterocycles. The van der Waals surface area contributed by atoms with Gasteiger partial charge >= 0.3 is 0 Å². The summed E-state index contributed by atoms with van der Waals surface area (Å²) in [6.07, 6.45) is 3.74. The number of hydrogen-bond donors (Lipinski definition) is 2. The molecular formula is C14H16N2OS. The van der Waals surface area contributed by atoms with Crippen molar-refractivity contribution in [1.29, 1.82) is 0 Å². The van der Waals surface area contributed by atoms with Crippen molar-refractivity contribution in [3.8, 4) is 0 Å². The van der Waals surface area contributed by atoms with Crippen LogP contribution in [0.2, 0.25) is 0 Å². The summed E-state index contributed by atoms with van der Waals surface area (Å²) in [7, 11) is 0. The summed E-state index contributed by atoms with van der Waals surface area (Å²) < 4.78 is 0. The third-order valence-corrected chi connectivity index (χ3v) is 4.38. The number of anilines is 1. The lowest BCUT2D eigenvalue weighted by Gasteiger charge is -2.07. The summed E-state index contributed by atoms with van der Waals surface area (Å²) in [5, 5.41) is 2.98. The number of carbonyl (C=O) groups is 1. The highest BCUT2D eigenvalue weighted by Gasteiger charge is 2.56. The van der Waals surface area contributed by atoms with Crippen LogP contribution in [0.15, 0.2) is 24.3 Å². The van der Waals surface area contributed by atoms with Crippen LogP contribution in [0.1, 0.15) is 24.8 Å². The quantitative estimate of drug-likeness (QED) is 0.820. The van der Waals surface area contributed by atoms with Gasteiger partial charge in [-0.3, -0.25) is 4.79 Å². The Labute approximate surface area is 112 Å². The summed E-state index contributed by atoms with van der Waals surface area (Å²) in [6.45, 7) is 0. The molecule has 2 saturated carbocycles. The normalized spacial score (nSPS) is 28.6. The Balaban J connectivity index is 1.62. The van der Waals surface area contributed by atoms with E-state index in [2.05, 4.69) is 5.32 Å². The van der Waals surface area contributed by atoms with E-state index in [4.69, 9.17) is 18.0 Å². The zero-order valence-electron chi connectivity index (χ0n) is 10.1. The summed E-state index contributed by atoms with van der Waals surface area (Å²) >= 11 is 4.89. The molecule has 4 heteroatoms. The fraction of sp³-hybridized carbons (Fsp3) is 0.429. The number of fused-ring (bicyclic) bond motifs is 1. The minimum absolute atomic E-state index is 0.174. The first-order valence-corrected chi connectivity index (χ1v) is 6.78. The van der Waals surface area contributed by atoms with E-state index in [0.29, 0.717) is 16.8 Å². The molecule has 94 valence electrons. The molecule has 3 nitrogen and oxygen atoms in total. The van der Waals surface area contributed by atoms with Gasteiger partial charge < -0.3 is 11.1 Å². The SMILES string of the molecule is NC(=S)c1ccc(NC(=O)C2C3CCCC32)cc1. The van der Waals surface area contributed by atoms with Crippen molar-refractivity contribution in [3.05, 3.63) is 29.8 Å². The zero-order chi connectivity index (χ0) is 12.7. The van der Waals surface area contributed by atoms with Crippen molar-refractivity contribution < 1.29 is 4.79 Å². The first kappa shape index (κ1) is 11.7. The van der Waals surface area contributed by atoms with E-state index in [1.807, 2.05) is 24.3 Å². The van der Waals surface area contributed by atoms with Crippen LogP contribution in [0.5, 0.6) is 0 Å². The predicted molar refractivity (Wildman–Crippen MR) is 75.3 cm³/mol. The minimum atomic E-state index is 0.174. The van der Waals surface area contributed by atoms with Gasteiger partial charge in [-0.2, -0.15) is 0 Å². The number of nitrogens with one attached hydrogen (secondary N) is 1. The maximum Gasteiger partial charge on any atom is 0.228 e. The van der Waals surface area contributed by atoms with Crippen molar-refractivity contribution in [1.82, 2.24) is 0 Å². The highest BCUT2D eigenvalue weighted by Crippen LogP contribution is 2.57. The lowest BCUT2D eigenvalue weighted by Crippen LogP contribution is -2.16. The highest BCUT2D eigenvalue weighted by molar-refractivity contribution is 7.80. The fourth-order valence-corrected chi connectivity index (χ4v) is 3.29. The molecule has 0 bridgehead atoms. The smallest absolute Gasteiger partial charge is 0.228 e. The van der Waals surface area contributed by atoms with E-state index in [-0.39, 0.29) is 11.8 Å². The number of rotatable bonds is 3. The van der Waals surface area contributed by atoms with E-state index in [0.717, 1.165) is 11.3 Å². The molecule has 0 aliphatic heterocycles. The van der Waals surface area contributed by atoms with E-state index >= 15 is 0 Å². The average molecular weight is 260 g/mol.